The van der Waals surface area contributed by atoms with Gasteiger partial charge in [-0.3, -0.25) is 4.79 Å². The Bertz CT molecular complexity index is 923. The van der Waals surface area contributed by atoms with Crippen molar-refractivity contribution in [1.82, 2.24) is 10.1 Å². The van der Waals surface area contributed by atoms with Gasteiger partial charge in [-0.15, -0.1) is 0 Å². The van der Waals surface area contributed by atoms with Gasteiger partial charge in [-0.25, -0.2) is 0 Å². The second-order valence-electron chi connectivity index (χ2n) is 6.79. The molecule has 1 unspecified atom stereocenters. The minimum atomic E-state index is -0.0209. The van der Waals surface area contributed by atoms with Crippen LogP contribution in [0.1, 0.15) is 27.4 Å². The number of fused-ring (bicyclic) bond motifs is 1. The monoisotopic (exact) mass is 350 g/mol. The zero-order valence-electron chi connectivity index (χ0n) is 15.1. The number of benzene rings is 2. The van der Waals surface area contributed by atoms with Crippen LogP contribution in [0, 0.1) is 13.8 Å². The third-order valence-corrected chi connectivity index (χ3v) is 5.00. The Hall–Kier alpha value is -2.66. The number of rotatable bonds is 3. The van der Waals surface area contributed by atoms with E-state index >= 15 is 0 Å². The lowest BCUT2D eigenvalue weighted by atomic mass is 9.99. The highest BCUT2D eigenvalue weighted by Crippen LogP contribution is 2.23. The fourth-order valence-corrected chi connectivity index (χ4v) is 3.69. The quantitative estimate of drug-likeness (QED) is 0.725. The van der Waals surface area contributed by atoms with Gasteiger partial charge in [0.15, 0.2) is 0 Å². The maximum absolute atomic E-state index is 12.9. The van der Waals surface area contributed by atoms with E-state index in [-0.39, 0.29) is 12.0 Å². The van der Waals surface area contributed by atoms with Crippen LogP contribution in [-0.2, 0) is 11.2 Å². The molecule has 26 heavy (non-hydrogen) atoms. The molecular weight excluding hydrogens is 328 g/mol. The number of aromatic nitrogens is 1. The molecule has 0 aliphatic carbocycles. The standard InChI is InChI=1S/C21H22N2O3/c1-14-20(15(2)26-22-14)21(24)23-10-11-25-18(13-23)12-17-8-5-7-16-6-3-4-9-19(16)17/h3-9,18H,10-13H2,1-2H3. The minimum Gasteiger partial charge on any atom is -0.374 e. The maximum atomic E-state index is 12.9. The normalized spacial score (nSPS) is 17.6. The van der Waals surface area contributed by atoms with E-state index < -0.39 is 0 Å². The first kappa shape index (κ1) is 16.8. The summed E-state index contributed by atoms with van der Waals surface area (Å²) in [6, 6.07) is 14.7. The molecule has 3 aromatic rings. The molecule has 2 aromatic carbocycles. The number of carbonyl (C=O) groups excluding carboxylic acids is 1. The van der Waals surface area contributed by atoms with Crippen molar-refractivity contribution in [3.63, 3.8) is 0 Å². The second-order valence-corrected chi connectivity index (χ2v) is 6.79. The Labute approximate surface area is 152 Å². The van der Waals surface area contributed by atoms with Gasteiger partial charge in [0.2, 0.25) is 0 Å². The molecule has 0 N–H and O–H groups in total. The predicted molar refractivity (Wildman–Crippen MR) is 99.3 cm³/mol. The molecular formula is C21H22N2O3. The van der Waals surface area contributed by atoms with E-state index in [1.807, 2.05) is 11.0 Å². The molecule has 0 spiro atoms. The smallest absolute Gasteiger partial charge is 0.259 e. The Morgan fingerprint density at radius 2 is 2.00 bits per heavy atom. The average molecular weight is 350 g/mol. The number of nitrogens with zero attached hydrogens (tertiary/aromatic N) is 2. The van der Waals surface area contributed by atoms with Crippen molar-refractivity contribution in [2.24, 2.45) is 0 Å². The summed E-state index contributed by atoms with van der Waals surface area (Å²) in [6.45, 7) is 5.30. The molecule has 1 amide bonds. The van der Waals surface area contributed by atoms with Gasteiger partial charge in [-0.05, 0) is 30.2 Å². The Morgan fingerprint density at radius 1 is 1.19 bits per heavy atom. The molecule has 0 saturated carbocycles. The summed E-state index contributed by atoms with van der Waals surface area (Å²) in [5.74, 6) is 0.553. The third-order valence-electron chi connectivity index (χ3n) is 5.00. The molecule has 1 aliphatic rings. The summed E-state index contributed by atoms with van der Waals surface area (Å²) in [6.07, 6.45) is 0.770. The molecule has 1 aliphatic heterocycles. The number of hydrogen-bond acceptors (Lipinski definition) is 4. The lowest BCUT2D eigenvalue weighted by molar-refractivity contribution is -0.0207. The molecule has 4 rings (SSSR count). The van der Waals surface area contributed by atoms with Crippen LogP contribution in [0.15, 0.2) is 47.0 Å². The number of morpholine rings is 1. The highest BCUT2D eigenvalue weighted by atomic mass is 16.5. The summed E-state index contributed by atoms with van der Waals surface area (Å²) in [7, 11) is 0. The lowest BCUT2D eigenvalue weighted by Crippen LogP contribution is -2.46. The molecule has 1 saturated heterocycles. The maximum Gasteiger partial charge on any atom is 0.259 e. The van der Waals surface area contributed by atoms with E-state index in [9.17, 15) is 4.79 Å². The van der Waals surface area contributed by atoms with Crippen molar-refractivity contribution < 1.29 is 14.1 Å². The predicted octanol–water partition coefficient (Wildman–Crippen LogP) is 3.53. The highest BCUT2D eigenvalue weighted by molar-refractivity contribution is 5.96. The Kier molecular flexibility index (Phi) is 4.47. The van der Waals surface area contributed by atoms with Gasteiger partial charge in [0.1, 0.15) is 11.3 Å². The van der Waals surface area contributed by atoms with Gasteiger partial charge < -0.3 is 14.2 Å². The third kappa shape index (κ3) is 3.10. The largest absolute Gasteiger partial charge is 0.374 e. The van der Waals surface area contributed by atoms with Crippen LogP contribution >= 0.6 is 0 Å². The van der Waals surface area contributed by atoms with Crippen LogP contribution in [0.3, 0.4) is 0 Å². The van der Waals surface area contributed by atoms with E-state index in [2.05, 4.69) is 41.6 Å². The summed E-state index contributed by atoms with van der Waals surface area (Å²) in [4.78, 5) is 14.7. The van der Waals surface area contributed by atoms with Gasteiger partial charge in [0, 0.05) is 19.5 Å². The van der Waals surface area contributed by atoms with Crippen LogP contribution in [-0.4, -0.2) is 41.8 Å². The number of ether oxygens (including phenoxy) is 1. The van der Waals surface area contributed by atoms with Crippen LogP contribution in [0.2, 0.25) is 0 Å². The molecule has 0 bridgehead atoms. The van der Waals surface area contributed by atoms with Crippen molar-refractivity contribution in [2.75, 3.05) is 19.7 Å². The first-order chi connectivity index (χ1) is 12.6. The zero-order chi connectivity index (χ0) is 18.1. The van der Waals surface area contributed by atoms with Gasteiger partial charge in [0.05, 0.1) is 18.4 Å². The van der Waals surface area contributed by atoms with E-state index in [0.29, 0.717) is 36.7 Å². The molecule has 5 heteroatoms. The number of aryl methyl sites for hydroxylation is 2. The first-order valence-corrected chi connectivity index (χ1v) is 8.94. The number of carbonyl (C=O) groups is 1. The molecule has 5 nitrogen and oxygen atoms in total. The van der Waals surface area contributed by atoms with E-state index in [1.165, 1.54) is 16.3 Å². The van der Waals surface area contributed by atoms with Gasteiger partial charge in [0.25, 0.3) is 5.91 Å². The Morgan fingerprint density at radius 3 is 2.81 bits per heavy atom. The van der Waals surface area contributed by atoms with Gasteiger partial charge in [-0.2, -0.15) is 0 Å². The molecule has 1 aromatic heterocycles. The van der Waals surface area contributed by atoms with Crippen molar-refractivity contribution in [3.05, 3.63) is 65.0 Å². The molecule has 2 heterocycles. The summed E-state index contributed by atoms with van der Waals surface area (Å²) in [5, 5.41) is 6.37. The molecule has 1 fully saturated rings. The molecule has 0 radical (unpaired) electrons. The van der Waals surface area contributed by atoms with Crippen molar-refractivity contribution in [3.8, 4) is 0 Å². The molecule has 134 valence electrons. The van der Waals surface area contributed by atoms with E-state index in [4.69, 9.17) is 9.26 Å². The van der Waals surface area contributed by atoms with Gasteiger partial charge in [-0.1, -0.05) is 47.6 Å². The fraction of sp³-hybridized carbons (Fsp3) is 0.333. The molecule has 1 atom stereocenters. The summed E-state index contributed by atoms with van der Waals surface area (Å²) < 4.78 is 11.1. The van der Waals surface area contributed by atoms with E-state index in [1.54, 1.807) is 13.8 Å². The summed E-state index contributed by atoms with van der Waals surface area (Å²) in [5.41, 5.74) is 2.47. The SMILES string of the molecule is Cc1noc(C)c1C(=O)N1CCOC(Cc2cccc3ccccc23)C1. The highest BCUT2D eigenvalue weighted by Gasteiger charge is 2.29. The van der Waals surface area contributed by atoms with Crippen LogP contribution in [0.4, 0.5) is 0 Å². The van der Waals surface area contributed by atoms with Crippen LogP contribution in [0.5, 0.6) is 0 Å². The fourth-order valence-electron chi connectivity index (χ4n) is 3.69. The van der Waals surface area contributed by atoms with E-state index in [0.717, 1.165) is 6.42 Å². The first-order valence-electron chi connectivity index (χ1n) is 8.94. The zero-order valence-corrected chi connectivity index (χ0v) is 15.1. The topological polar surface area (TPSA) is 55.6 Å². The van der Waals surface area contributed by atoms with Crippen molar-refractivity contribution >= 4 is 16.7 Å². The van der Waals surface area contributed by atoms with Crippen LogP contribution in [0.25, 0.3) is 10.8 Å². The number of hydrogen-bond donors (Lipinski definition) is 0. The summed E-state index contributed by atoms with van der Waals surface area (Å²) >= 11 is 0. The van der Waals surface area contributed by atoms with Gasteiger partial charge >= 0.3 is 0 Å². The lowest BCUT2D eigenvalue weighted by Gasteiger charge is -2.33. The minimum absolute atomic E-state index is 0.0148. The Balaban J connectivity index is 1.53. The van der Waals surface area contributed by atoms with Crippen molar-refractivity contribution in [2.45, 2.75) is 26.4 Å². The van der Waals surface area contributed by atoms with Crippen LogP contribution < -0.4 is 0 Å². The number of amides is 1. The average Bonchev–Trinajstić information content (AvgIpc) is 3.00. The van der Waals surface area contributed by atoms with Crippen molar-refractivity contribution in [1.29, 1.82) is 0 Å². The second kappa shape index (κ2) is 6.92.